The molecule has 0 radical (unpaired) electrons. The van der Waals surface area contributed by atoms with Gasteiger partial charge in [-0.05, 0) is 30.7 Å². The molecular weight excluding hydrogens is 534 g/mol. The third kappa shape index (κ3) is 9.51. The highest BCUT2D eigenvalue weighted by molar-refractivity contribution is 5.80. The number of carbonyl (C=O) groups is 3. The van der Waals surface area contributed by atoms with Crippen LogP contribution in [0.15, 0.2) is 30.3 Å². The Hall–Kier alpha value is -2.49. The lowest BCUT2D eigenvalue weighted by atomic mass is 9.89. The number of hydrogen-bond acceptors (Lipinski definition) is 6. The molecular formula is C33H55N3O6. The van der Waals surface area contributed by atoms with Gasteiger partial charge in [0.15, 0.2) is 0 Å². The van der Waals surface area contributed by atoms with Crippen LogP contribution in [0.3, 0.4) is 0 Å². The van der Waals surface area contributed by atoms with Crippen molar-refractivity contribution in [2.45, 2.75) is 97.6 Å². The topological polar surface area (TPSA) is 108 Å². The maximum Gasteiger partial charge on any atom is 0.225 e. The first-order valence-electron chi connectivity index (χ1n) is 15.5. The molecule has 1 unspecified atom stereocenters. The van der Waals surface area contributed by atoms with Gasteiger partial charge in [0, 0.05) is 46.7 Å². The maximum absolute atomic E-state index is 13.5. The number of likely N-dealkylation sites (N-methyl/N-ethyl adjacent to an activating group) is 1. The molecule has 1 aliphatic rings. The fourth-order valence-electron chi connectivity index (χ4n) is 6.15. The highest BCUT2D eigenvalue weighted by Crippen LogP contribution is 2.29. The molecule has 3 amide bonds. The van der Waals surface area contributed by atoms with Gasteiger partial charge in [0.2, 0.25) is 17.7 Å². The largest absolute Gasteiger partial charge is 0.386 e. The molecule has 1 aliphatic heterocycles. The predicted octanol–water partition coefficient (Wildman–Crippen LogP) is 4.05. The van der Waals surface area contributed by atoms with Gasteiger partial charge in [0.05, 0.1) is 42.7 Å². The number of likely N-dealkylation sites (tertiary alicyclic amines) is 1. The summed E-state index contributed by atoms with van der Waals surface area (Å²) < 4.78 is 11.7. The third-order valence-corrected chi connectivity index (χ3v) is 8.92. The van der Waals surface area contributed by atoms with Crippen molar-refractivity contribution >= 4 is 17.7 Å². The third-order valence-electron chi connectivity index (χ3n) is 8.92. The zero-order chi connectivity index (χ0) is 31.6. The molecule has 1 saturated heterocycles. The van der Waals surface area contributed by atoms with E-state index in [1.54, 1.807) is 26.0 Å². The second-order valence-corrected chi connectivity index (χ2v) is 12.5. The van der Waals surface area contributed by atoms with Crippen molar-refractivity contribution in [3.05, 3.63) is 35.9 Å². The lowest BCUT2D eigenvalue weighted by Gasteiger charge is -2.38. The molecule has 1 heterocycles. The maximum atomic E-state index is 13.5. The van der Waals surface area contributed by atoms with Crippen molar-refractivity contribution in [2.24, 2.45) is 23.7 Å². The minimum atomic E-state index is -0.823. The molecule has 0 aromatic heterocycles. The van der Waals surface area contributed by atoms with Gasteiger partial charge in [0.25, 0.3) is 0 Å². The van der Waals surface area contributed by atoms with E-state index < -0.39 is 24.2 Å². The summed E-state index contributed by atoms with van der Waals surface area (Å²) in [5.74, 6) is -0.217. The van der Waals surface area contributed by atoms with Crippen LogP contribution >= 0.6 is 0 Å². The summed E-state index contributed by atoms with van der Waals surface area (Å²) in [6.45, 7) is 12.9. The van der Waals surface area contributed by atoms with Crippen LogP contribution in [-0.4, -0.2) is 91.3 Å². The molecule has 0 spiro atoms. The number of rotatable bonds is 16. The zero-order valence-corrected chi connectivity index (χ0v) is 27.2. The quantitative estimate of drug-likeness (QED) is 0.301. The molecule has 1 fully saturated rings. The van der Waals surface area contributed by atoms with Crippen LogP contribution in [0.2, 0.25) is 0 Å². The molecule has 2 rings (SSSR count). The van der Waals surface area contributed by atoms with E-state index in [2.05, 4.69) is 19.2 Å². The molecule has 0 saturated carbocycles. The van der Waals surface area contributed by atoms with E-state index in [-0.39, 0.29) is 54.0 Å². The van der Waals surface area contributed by atoms with Crippen LogP contribution in [0.5, 0.6) is 0 Å². The number of nitrogens with zero attached hydrogens (tertiary/aromatic N) is 2. The van der Waals surface area contributed by atoms with Gasteiger partial charge in [-0.15, -0.1) is 0 Å². The van der Waals surface area contributed by atoms with E-state index in [9.17, 15) is 19.5 Å². The summed E-state index contributed by atoms with van der Waals surface area (Å²) in [5, 5.41) is 13.6. The number of benzene rings is 1. The number of aliphatic hydroxyl groups excluding tert-OH is 1. The smallest absolute Gasteiger partial charge is 0.225 e. The van der Waals surface area contributed by atoms with Gasteiger partial charge in [-0.2, -0.15) is 0 Å². The summed E-state index contributed by atoms with van der Waals surface area (Å²) in [7, 11) is 5.03. The van der Waals surface area contributed by atoms with Gasteiger partial charge in [-0.1, -0.05) is 71.4 Å². The fourth-order valence-corrected chi connectivity index (χ4v) is 6.15. The Labute approximate surface area is 253 Å². The first-order chi connectivity index (χ1) is 19.9. The molecule has 1 aromatic carbocycles. The Balaban J connectivity index is 2.03. The number of ether oxygens (including phenoxy) is 2. The predicted molar refractivity (Wildman–Crippen MR) is 165 cm³/mol. The highest BCUT2D eigenvalue weighted by Gasteiger charge is 2.40. The standard InChI is InChI=1S/C33H55N3O6/c1-10-22(4)30(35(7)28(37)18-21(2)3)27(41-8)19-29(38)36-17-16-26(20-36)32(42-9)23(5)33(40)34-24(6)31(39)25-14-12-11-13-15-25/h11-15,21-24,26-27,30-32,39H,10,16-20H2,1-9H3,(H,34,40)/t22-,23+,24+,26?,27+,30-,31+,32+/m0/s1. The van der Waals surface area contributed by atoms with E-state index in [1.165, 1.54) is 0 Å². The molecule has 2 N–H and O–H groups in total. The van der Waals surface area contributed by atoms with Gasteiger partial charge in [0.1, 0.15) is 0 Å². The van der Waals surface area contributed by atoms with Crippen molar-refractivity contribution < 1.29 is 29.0 Å². The van der Waals surface area contributed by atoms with Crippen LogP contribution in [0.1, 0.15) is 78.9 Å². The second-order valence-electron chi connectivity index (χ2n) is 12.5. The van der Waals surface area contributed by atoms with Crippen LogP contribution < -0.4 is 5.32 Å². The minimum absolute atomic E-state index is 0.00398. The van der Waals surface area contributed by atoms with Gasteiger partial charge in [-0.3, -0.25) is 14.4 Å². The van der Waals surface area contributed by atoms with Gasteiger partial charge < -0.3 is 29.7 Å². The Morgan fingerprint density at radius 2 is 1.69 bits per heavy atom. The summed E-state index contributed by atoms with van der Waals surface area (Å²) in [6, 6.07) is 8.57. The average Bonchev–Trinajstić information content (AvgIpc) is 3.46. The van der Waals surface area contributed by atoms with Crippen molar-refractivity contribution in [3.63, 3.8) is 0 Å². The Bertz CT molecular complexity index is 989. The number of nitrogens with one attached hydrogen (secondary N) is 1. The first-order valence-corrected chi connectivity index (χ1v) is 15.5. The molecule has 9 nitrogen and oxygen atoms in total. The van der Waals surface area contributed by atoms with Crippen LogP contribution in [-0.2, 0) is 23.9 Å². The van der Waals surface area contributed by atoms with Crippen LogP contribution in [0.25, 0.3) is 0 Å². The van der Waals surface area contributed by atoms with E-state index >= 15 is 0 Å². The summed E-state index contributed by atoms with van der Waals surface area (Å²) in [5.41, 5.74) is 0.742. The van der Waals surface area contributed by atoms with Crippen molar-refractivity contribution in [2.75, 3.05) is 34.4 Å². The normalized spacial score (nSPS) is 20.4. The molecule has 238 valence electrons. The monoisotopic (exact) mass is 589 g/mol. The van der Waals surface area contributed by atoms with E-state index in [0.29, 0.717) is 19.5 Å². The van der Waals surface area contributed by atoms with Gasteiger partial charge in [-0.25, -0.2) is 0 Å². The number of carbonyl (C=O) groups excluding carboxylic acids is 3. The Morgan fingerprint density at radius 3 is 2.24 bits per heavy atom. The SMILES string of the molecule is CC[C@H](C)[C@@H]([C@@H](CC(=O)N1CCC([C@H](OC)[C@@H](C)C(=O)N[C@H](C)[C@@H](O)c2ccccc2)C1)OC)N(C)C(=O)CC(C)C. The first kappa shape index (κ1) is 35.7. The van der Waals surface area contributed by atoms with Gasteiger partial charge >= 0.3 is 0 Å². The summed E-state index contributed by atoms with van der Waals surface area (Å²) in [6.07, 6.45) is 0.595. The number of hydrogen-bond donors (Lipinski definition) is 2. The molecule has 1 aromatic rings. The summed E-state index contributed by atoms with van der Waals surface area (Å²) in [4.78, 5) is 43.2. The summed E-state index contributed by atoms with van der Waals surface area (Å²) >= 11 is 0. The molecule has 0 bridgehead atoms. The Kier molecular flexibility index (Phi) is 14.4. The Morgan fingerprint density at radius 1 is 1.05 bits per heavy atom. The number of methoxy groups -OCH3 is 2. The highest BCUT2D eigenvalue weighted by atomic mass is 16.5. The van der Waals surface area contributed by atoms with Crippen LogP contribution in [0, 0.1) is 23.7 Å². The number of amides is 3. The lowest BCUT2D eigenvalue weighted by molar-refractivity contribution is -0.142. The van der Waals surface area contributed by atoms with E-state index in [0.717, 1.165) is 18.4 Å². The minimum Gasteiger partial charge on any atom is -0.386 e. The zero-order valence-electron chi connectivity index (χ0n) is 27.2. The lowest BCUT2D eigenvalue weighted by Crippen LogP contribution is -2.51. The fraction of sp³-hybridized carbons (Fsp3) is 0.727. The molecule has 9 heteroatoms. The molecule has 8 atom stereocenters. The second kappa shape index (κ2) is 17.0. The van der Waals surface area contributed by atoms with Crippen molar-refractivity contribution in [1.29, 1.82) is 0 Å². The van der Waals surface area contributed by atoms with Crippen LogP contribution in [0.4, 0.5) is 0 Å². The van der Waals surface area contributed by atoms with E-state index in [1.807, 2.05) is 63.1 Å². The van der Waals surface area contributed by atoms with Crippen molar-refractivity contribution in [3.8, 4) is 0 Å². The molecule has 0 aliphatic carbocycles. The molecule has 42 heavy (non-hydrogen) atoms. The number of aliphatic hydroxyl groups is 1. The van der Waals surface area contributed by atoms with Crippen molar-refractivity contribution in [1.82, 2.24) is 15.1 Å². The van der Waals surface area contributed by atoms with E-state index in [4.69, 9.17) is 9.47 Å². The average molecular weight is 590 g/mol.